The van der Waals surface area contributed by atoms with Crippen molar-refractivity contribution in [1.29, 1.82) is 0 Å². The van der Waals surface area contributed by atoms with Crippen LogP contribution in [0, 0.1) is 6.92 Å². The molecule has 0 saturated heterocycles. The highest BCUT2D eigenvalue weighted by atomic mass is 16.3. The van der Waals surface area contributed by atoms with Crippen LogP contribution in [0.3, 0.4) is 0 Å². The zero-order valence-electron chi connectivity index (χ0n) is 31.3. The summed E-state index contributed by atoms with van der Waals surface area (Å²) in [7, 11) is 0. The number of hydrogen-bond donors (Lipinski definition) is 0. The molecular formula is C52H31N5O. The molecule has 6 nitrogen and oxygen atoms in total. The molecule has 0 radical (unpaired) electrons. The molecule has 270 valence electrons. The maximum atomic E-state index is 6.99. The Balaban J connectivity index is 1.20. The van der Waals surface area contributed by atoms with Gasteiger partial charge in [0, 0.05) is 48.8 Å². The molecule has 0 unspecified atom stereocenters. The number of para-hydroxylation sites is 4. The fraction of sp³-hybridized carbons (Fsp3) is 0.0192. The first kappa shape index (κ1) is 31.4. The van der Waals surface area contributed by atoms with Crippen LogP contribution in [-0.4, -0.2) is 23.9 Å². The highest BCUT2D eigenvalue weighted by Crippen LogP contribution is 2.49. The monoisotopic (exact) mass is 741 g/mol. The highest BCUT2D eigenvalue weighted by Gasteiger charge is 2.28. The van der Waals surface area contributed by atoms with Crippen molar-refractivity contribution < 1.29 is 4.42 Å². The average Bonchev–Trinajstić information content (AvgIpc) is 4.02. The van der Waals surface area contributed by atoms with Crippen LogP contribution in [0.15, 0.2) is 174 Å². The molecule has 5 aromatic heterocycles. The summed E-state index contributed by atoms with van der Waals surface area (Å²) in [5.41, 5.74) is 12.3. The van der Waals surface area contributed by atoms with E-state index >= 15 is 0 Å². The van der Waals surface area contributed by atoms with Gasteiger partial charge in [-0.1, -0.05) is 133 Å². The Morgan fingerprint density at radius 2 is 0.948 bits per heavy atom. The van der Waals surface area contributed by atoms with Crippen molar-refractivity contribution in [2.75, 3.05) is 0 Å². The topological polar surface area (TPSA) is 61.2 Å². The summed E-state index contributed by atoms with van der Waals surface area (Å²) in [5, 5.41) is 9.48. The molecule has 0 bridgehead atoms. The van der Waals surface area contributed by atoms with Crippen molar-refractivity contribution in [2.24, 2.45) is 0 Å². The number of fused-ring (bicyclic) bond motifs is 13. The van der Waals surface area contributed by atoms with Gasteiger partial charge in [-0.15, -0.1) is 0 Å². The van der Waals surface area contributed by atoms with E-state index in [9.17, 15) is 0 Å². The lowest BCUT2D eigenvalue weighted by atomic mass is 10.00. The Morgan fingerprint density at radius 3 is 1.64 bits per heavy atom. The van der Waals surface area contributed by atoms with E-state index in [-0.39, 0.29) is 0 Å². The van der Waals surface area contributed by atoms with Gasteiger partial charge in [0.15, 0.2) is 17.5 Å². The van der Waals surface area contributed by atoms with E-state index in [1.54, 1.807) is 0 Å². The number of rotatable bonds is 4. The normalized spacial score (nSPS) is 12.2. The number of aryl methyl sites for hydroxylation is 1. The molecule has 58 heavy (non-hydrogen) atoms. The molecule has 0 spiro atoms. The summed E-state index contributed by atoms with van der Waals surface area (Å²) in [6.45, 7) is 2.15. The summed E-state index contributed by atoms with van der Waals surface area (Å²) < 4.78 is 11.9. The zero-order chi connectivity index (χ0) is 38.1. The molecule has 6 heteroatoms. The molecule has 0 aliphatic carbocycles. The van der Waals surface area contributed by atoms with Gasteiger partial charge in [-0.05, 0) is 48.9 Å². The molecule has 13 rings (SSSR count). The van der Waals surface area contributed by atoms with Gasteiger partial charge in [0.25, 0.3) is 0 Å². The smallest absolute Gasteiger partial charge is 0.168 e. The summed E-state index contributed by atoms with van der Waals surface area (Å²) >= 11 is 0. The predicted molar refractivity (Wildman–Crippen MR) is 237 cm³/mol. The Morgan fingerprint density at radius 1 is 0.431 bits per heavy atom. The lowest BCUT2D eigenvalue weighted by molar-refractivity contribution is 0.669. The minimum absolute atomic E-state index is 0.571. The Bertz CT molecular complexity index is 3740. The van der Waals surface area contributed by atoms with Crippen molar-refractivity contribution >= 4 is 81.8 Å². The zero-order valence-corrected chi connectivity index (χ0v) is 31.3. The molecule has 0 amide bonds. The second kappa shape index (κ2) is 11.6. The summed E-state index contributed by atoms with van der Waals surface area (Å²) in [4.78, 5) is 15.4. The standard InChI is InChI=1S/C52H31N5O/c1-30-28-42(57-40-25-13-9-21-34(40)38-29-37-33-20-8-12-24-39(33)56-41-26-14-10-22-35(41)46(47(37)56)48(38)57)45-36-23-11-15-27-43(36)58-49(45)44(30)52-54-50(31-16-4-2-5-17-31)53-51(55-52)32-18-6-3-7-19-32/h2-29H,1H3. The maximum Gasteiger partial charge on any atom is 0.168 e. The van der Waals surface area contributed by atoms with Gasteiger partial charge < -0.3 is 13.4 Å². The van der Waals surface area contributed by atoms with Gasteiger partial charge in [-0.3, -0.25) is 0 Å². The van der Waals surface area contributed by atoms with E-state index < -0.39 is 0 Å². The van der Waals surface area contributed by atoms with Gasteiger partial charge in [0.2, 0.25) is 0 Å². The Kier molecular flexibility index (Phi) is 6.28. The molecule has 0 N–H and O–H groups in total. The summed E-state index contributed by atoms with van der Waals surface area (Å²) in [6.07, 6.45) is 0. The third-order valence-corrected chi connectivity index (χ3v) is 12.0. The third-order valence-electron chi connectivity index (χ3n) is 12.0. The molecule has 13 aromatic rings. The van der Waals surface area contributed by atoms with Crippen molar-refractivity contribution in [3.8, 4) is 39.9 Å². The Labute approximate surface area is 331 Å². The molecule has 0 atom stereocenters. The van der Waals surface area contributed by atoms with Gasteiger partial charge >= 0.3 is 0 Å². The predicted octanol–water partition coefficient (Wildman–Crippen LogP) is 13.3. The van der Waals surface area contributed by atoms with E-state index in [1.807, 2.05) is 66.7 Å². The molecule has 0 aliphatic heterocycles. The maximum absolute atomic E-state index is 6.99. The van der Waals surface area contributed by atoms with Crippen LogP contribution in [0.25, 0.3) is 122 Å². The fourth-order valence-electron chi connectivity index (χ4n) is 9.59. The van der Waals surface area contributed by atoms with Gasteiger partial charge in [0.05, 0.1) is 44.2 Å². The lowest BCUT2D eigenvalue weighted by Crippen LogP contribution is -2.03. The van der Waals surface area contributed by atoms with E-state index in [2.05, 4.69) is 119 Å². The van der Waals surface area contributed by atoms with Crippen molar-refractivity contribution in [3.05, 3.63) is 175 Å². The second-order valence-electron chi connectivity index (χ2n) is 15.2. The largest absolute Gasteiger partial charge is 0.455 e. The third kappa shape index (κ3) is 4.18. The quantitative estimate of drug-likeness (QED) is 0.180. The van der Waals surface area contributed by atoms with Gasteiger partial charge in [0.1, 0.15) is 11.2 Å². The number of nitrogens with zero attached hydrogens (tertiary/aromatic N) is 5. The van der Waals surface area contributed by atoms with Crippen LogP contribution >= 0.6 is 0 Å². The van der Waals surface area contributed by atoms with Crippen LogP contribution in [-0.2, 0) is 0 Å². The van der Waals surface area contributed by atoms with Crippen LogP contribution in [0.5, 0.6) is 0 Å². The van der Waals surface area contributed by atoms with E-state index in [0.29, 0.717) is 17.5 Å². The Hall–Kier alpha value is -7.83. The fourth-order valence-corrected chi connectivity index (χ4v) is 9.59. The lowest BCUT2D eigenvalue weighted by Gasteiger charge is -2.15. The van der Waals surface area contributed by atoms with E-state index in [4.69, 9.17) is 19.4 Å². The number of benzene rings is 8. The minimum atomic E-state index is 0.571. The van der Waals surface area contributed by atoms with Crippen molar-refractivity contribution in [3.63, 3.8) is 0 Å². The first-order valence-corrected chi connectivity index (χ1v) is 19.6. The van der Waals surface area contributed by atoms with Crippen LogP contribution < -0.4 is 0 Å². The van der Waals surface area contributed by atoms with Gasteiger partial charge in [-0.25, -0.2) is 15.0 Å². The number of aromatic nitrogens is 5. The van der Waals surface area contributed by atoms with Gasteiger partial charge in [-0.2, -0.15) is 0 Å². The van der Waals surface area contributed by atoms with E-state index in [1.165, 1.54) is 54.4 Å². The first-order chi connectivity index (χ1) is 28.7. The number of hydrogen-bond acceptors (Lipinski definition) is 4. The molecule has 0 fully saturated rings. The molecule has 8 aromatic carbocycles. The van der Waals surface area contributed by atoms with Crippen LogP contribution in [0.1, 0.15) is 5.56 Å². The number of furan rings is 1. The highest BCUT2D eigenvalue weighted by molar-refractivity contribution is 6.34. The van der Waals surface area contributed by atoms with Crippen LogP contribution in [0.4, 0.5) is 0 Å². The van der Waals surface area contributed by atoms with Crippen LogP contribution in [0.2, 0.25) is 0 Å². The second-order valence-corrected chi connectivity index (χ2v) is 15.2. The SMILES string of the molecule is Cc1cc(-n2c3ccccc3c3cc4c5ccccc5n5c6ccccc6c(c32)c45)c2c(oc3ccccc32)c1-c1nc(-c2ccccc2)nc(-c2ccccc2)n1. The summed E-state index contributed by atoms with van der Waals surface area (Å²) in [5.74, 6) is 1.79. The minimum Gasteiger partial charge on any atom is -0.455 e. The van der Waals surface area contributed by atoms with E-state index in [0.717, 1.165) is 55.4 Å². The van der Waals surface area contributed by atoms with Crippen molar-refractivity contribution in [1.82, 2.24) is 23.9 Å². The average molecular weight is 742 g/mol. The molecule has 0 saturated carbocycles. The molecule has 5 heterocycles. The van der Waals surface area contributed by atoms with Crippen molar-refractivity contribution in [2.45, 2.75) is 6.92 Å². The molecule has 0 aliphatic rings. The summed E-state index contributed by atoms with van der Waals surface area (Å²) in [6, 6.07) is 59.8. The molecular weight excluding hydrogens is 711 g/mol. The first-order valence-electron chi connectivity index (χ1n) is 19.6.